The third-order valence-electron chi connectivity index (χ3n) is 2.27. The van der Waals surface area contributed by atoms with Gasteiger partial charge in [-0.2, -0.15) is 0 Å². The summed E-state index contributed by atoms with van der Waals surface area (Å²) in [5, 5.41) is 2.99. The number of rotatable bonds is 5. The SMILES string of the molecule is O=C(/C=C\NCc1ccco1)c1ccccc1. The van der Waals surface area contributed by atoms with Crippen molar-refractivity contribution >= 4 is 5.78 Å². The average Bonchev–Trinajstić information content (AvgIpc) is 2.88. The number of benzene rings is 1. The maximum Gasteiger partial charge on any atom is 0.187 e. The lowest BCUT2D eigenvalue weighted by atomic mass is 10.1. The zero-order valence-electron chi connectivity index (χ0n) is 9.30. The van der Waals surface area contributed by atoms with Gasteiger partial charge in [0.25, 0.3) is 0 Å². The van der Waals surface area contributed by atoms with E-state index in [1.165, 1.54) is 6.08 Å². The lowest BCUT2D eigenvalue weighted by molar-refractivity contribution is 0.104. The van der Waals surface area contributed by atoms with Crippen molar-refractivity contribution in [2.24, 2.45) is 0 Å². The van der Waals surface area contributed by atoms with Gasteiger partial charge in [-0.25, -0.2) is 0 Å². The molecule has 17 heavy (non-hydrogen) atoms. The van der Waals surface area contributed by atoms with Crippen LogP contribution in [0.25, 0.3) is 0 Å². The van der Waals surface area contributed by atoms with E-state index in [-0.39, 0.29) is 5.78 Å². The molecule has 86 valence electrons. The van der Waals surface area contributed by atoms with E-state index in [1.54, 1.807) is 24.6 Å². The predicted molar refractivity (Wildman–Crippen MR) is 65.5 cm³/mol. The third kappa shape index (κ3) is 3.34. The summed E-state index contributed by atoms with van der Waals surface area (Å²) in [6.45, 7) is 0.575. The highest BCUT2D eigenvalue weighted by Gasteiger charge is 1.98. The Bertz CT molecular complexity index is 486. The van der Waals surface area contributed by atoms with E-state index in [0.29, 0.717) is 12.1 Å². The highest BCUT2D eigenvalue weighted by atomic mass is 16.3. The summed E-state index contributed by atoms with van der Waals surface area (Å²) >= 11 is 0. The van der Waals surface area contributed by atoms with E-state index < -0.39 is 0 Å². The Labute approximate surface area is 99.8 Å². The quantitative estimate of drug-likeness (QED) is 0.631. The minimum absolute atomic E-state index is 0.0162. The fourth-order valence-electron chi connectivity index (χ4n) is 1.41. The number of hydrogen-bond donors (Lipinski definition) is 1. The number of nitrogens with one attached hydrogen (secondary N) is 1. The molecule has 0 aliphatic heterocycles. The molecule has 2 rings (SSSR count). The Kier molecular flexibility index (Phi) is 3.76. The van der Waals surface area contributed by atoms with Crippen LogP contribution < -0.4 is 5.32 Å². The first kappa shape index (κ1) is 11.2. The van der Waals surface area contributed by atoms with E-state index >= 15 is 0 Å². The Morgan fingerprint density at radius 1 is 1.18 bits per heavy atom. The summed E-state index contributed by atoms with van der Waals surface area (Å²) in [4.78, 5) is 11.7. The Hall–Kier alpha value is -2.29. The monoisotopic (exact) mass is 227 g/mol. The van der Waals surface area contributed by atoms with Crippen LogP contribution in [0.4, 0.5) is 0 Å². The molecule has 0 fully saturated rings. The molecule has 0 aliphatic carbocycles. The van der Waals surface area contributed by atoms with Crippen LogP contribution in [0, 0.1) is 0 Å². The van der Waals surface area contributed by atoms with Gasteiger partial charge in [0.15, 0.2) is 5.78 Å². The molecule has 2 aromatic rings. The third-order valence-corrected chi connectivity index (χ3v) is 2.27. The molecule has 0 unspecified atom stereocenters. The predicted octanol–water partition coefficient (Wildman–Crippen LogP) is 2.77. The molecule has 3 heteroatoms. The molecule has 3 nitrogen and oxygen atoms in total. The Morgan fingerprint density at radius 3 is 2.71 bits per heavy atom. The van der Waals surface area contributed by atoms with Gasteiger partial charge < -0.3 is 9.73 Å². The van der Waals surface area contributed by atoms with E-state index in [9.17, 15) is 4.79 Å². The number of carbonyl (C=O) groups excluding carboxylic acids is 1. The Morgan fingerprint density at radius 2 is 2.00 bits per heavy atom. The van der Waals surface area contributed by atoms with Gasteiger partial charge in [0, 0.05) is 17.8 Å². The van der Waals surface area contributed by atoms with Crippen LogP contribution in [0.1, 0.15) is 16.1 Å². The molecular formula is C14H13NO2. The maximum absolute atomic E-state index is 11.7. The zero-order chi connectivity index (χ0) is 11.9. The molecule has 1 aromatic carbocycles. The summed E-state index contributed by atoms with van der Waals surface area (Å²) in [6, 6.07) is 12.9. The molecular weight excluding hydrogens is 214 g/mol. The van der Waals surface area contributed by atoms with Crippen molar-refractivity contribution in [1.29, 1.82) is 0 Å². The molecule has 1 N–H and O–H groups in total. The zero-order valence-corrected chi connectivity index (χ0v) is 9.30. The molecule has 0 saturated heterocycles. The van der Waals surface area contributed by atoms with Gasteiger partial charge in [-0.1, -0.05) is 30.3 Å². The van der Waals surface area contributed by atoms with E-state index in [2.05, 4.69) is 5.32 Å². The highest BCUT2D eigenvalue weighted by molar-refractivity contribution is 6.04. The normalized spacial score (nSPS) is 10.6. The van der Waals surface area contributed by atoms with E-state index in [4.69, 9.17) is 4.42 Å². The van der Waals surface area contributed by atoms with Crippen molar-refractivity contribution in [3.63, 3.8) is 0 Å². The van der Waals surface area contributed by atoms with Gasteiger partial charge in [-0.05, 0) is 12.1 Å². The van der Waals surface area contributed by atoms with Gasteiger partial charge in [0.1, 0.15) is 5.76 Å². The largest absolute Gasteiger partial charge is 0.467 e. The van der Waals surface area contributed by atoms with Crippen LogP contribution in [-0.4, -0.2) is 5.78 Å². The number of allylic oxidation sites excluding steroid dienone is 1. The van der Waals surface area contributed by atoms with Crippen molar-refractivity contribution in [2.45, 2.75) is 6.54 Å². The van der Waals surface area contributed by atoms with Gasteiger partial charge in [0.2, 0.25) is 0 Å². The van der Waals surface area contributed by atoms with E-state index in [0.717, 1.165) is 5.76 Å². The number of furan rings is 1. The van der Waals surface area contributed by atoms with E-state index in [1.807, 2.05) is 30.3 Å². The van der Waals surface area contributed by atoms with Crippen LogP contribution in [-0.2, 0) is 6.54 Å². The molecule has 0 spiro atoms. The van der Waals surface area contributed by atoms with Gasteiger partial charge in [0.05, 0.1) is 12.8 Å². The first-order valence-corrected chi connectivity index (χ1v) is 5.38. The second-order valence-corrected chi connectivity index (χ2v) is 3.52. The number of ketones is 1. The van der Waals surface area contributed by atoms with Gasteiger partial charge >= 0.3 is 0 Å². The first-order valence-electron chi connectivity index (χ1n) is 5.38. The Balaban J connectivity index is 1.83. The first-order chi connectivity index (χ1) is 8.36. The van der Waals surface area contributed by atoms with Crippen molar-refractivity contribution in [3.05, 3.63) is 72.3 Å². The summed E-state index contributed by atoms with van der Waals surface area (Å²) in [7, 11) is 0. The molecule has 0 radical (unpaired) electrons. The van der Waals surface area contributed by atoms with Crippen LogP contribution in [0.3, 0.4) is 0 Å². The summed E-state index contributed by atoms with van der Waals surface area (Å²) in [5.74, 6) is 0.819. The maximum atomic E-state index is 11.7. The smallest absolute Gasteiger partial charge is 0.187 e. The minimum Gasteiger partial charge on any atom is -0.467 e. The van der Waals surface area contributed by atoms with Crippen molar-refractivity contribution in [1.82, 2.24) is 5.32 Å². The molecule has 0 amide bonds. The van der Waals surface area contributed by atoms with Gasteiger partial charge in [-0.15, -0.1) is 0 Å². The topological polar surface area (TPSA) is 42.2 Å². The van der Waals surface area contributed by atoms with Gasteiger partial charge in [-0.3, -0.25) is 4.79 Å². The minimum atomic E-state index is -0.0162. The summed E-state index contributed by atoms with van der Waals surface area (Å²) < 4.78 is 5.14. The number of carbonyl (C=O) groups is 1. The summed E-state index contributed by atoms with van der Waals surface area (Å²) in [5.41, 5.74) is 0.684. The molecule has 0 aliphatic rings. The number of hydrogen-bond acceptors (Lipinski definition) is 3. The summed E-state index contributed by atoms with van der Waals surface area (Å²) in [6.07, 6.45) is 4.77. The van der Waals surface area contributed by atoms with Crippen molar-refractivity contribution < 1.29 is 9.21 Å². The molecule has 0 bridgehead atoms. The highest BCUT2D eigenvalue weighted by Crippen LogP contribution is 2.01. The second kappa shape index (κ2) is 5.70. The second-order valence-electron chi connectivity index (χ2n) is 3.52. The van der Waals surface area contributed by atoms with Crippen LogP contribution in [0.2, 0.25) is 0 Å². The average molecular weight is 227 g/mol. The lowest BCUT2D eigenvalue weighted by Gasteiger charge is -1.97. The van der Waals surface area contributed by atoms with Crippen molar-refractivity contribution in [2.75, 3.05) is 0 Å². The van der Waals surface area contributed by atoms with Crippen LogP contribution in [0.5, 0.6) is 0 Å². The molecule has 1 heterocycles. The lowest BCUT2D eigenvalue weighted by Crippen LogP contribution is -2.05. The van der Waals surface area contributed by atoms with Crippen molar-refractivity contribution in [3.8, 4) is 0 Å². The molecule has 0 saturated carbocycles. The van der Waals surface area contributed by atoms with Crippen LogP contribution in [0.15, 0.2) is 65.4 Å². The van der Waals surface area contributed by atoms with Crippen LogP contribution >= 0.6 is 0 Å². The molecule has 1 aromatic heterocycles. The fraction of sp³-hybridized carbons (Fsp3) is 0.0714. The standard InChI is InChI=1S/C14H13NO2/c16-14(12-5-2-1-3-6-12)8-9-15-11-13-7-4-10-17-13/h1-10,15H,11H2/b9-8-. The molecule has 0 atom stereocenters. The fourth-order valence-corrected chi connectivity index (χ4v) is 1.41.